The van der Waals surface area contributed by atoms with Gasteiger partial charge in [-0.05, 0) is 137 Å². The maximum atomic E-state index is 2.53. The molecule has 0 heterocycles. The van der Waals surface area contributed by atoms with E-state index in [4.69, 9.17) is 0 Å². The number of anilines is 3. The Morgan fingerprint density at radius 2 is 0.889 bits per heavy atom. The van der Waals surface area contributed by atoms with Crippen LogP contribution in [0.15, 0.2) is 243 Å². The van der Waals surface area contributed by atoms with Crippen LogP contribution in [0.4, 0.5) is 17.1 Å². The Morgan fingerprint density at radius 1 is 0.333 bits per heavy atom. The van der Waals surface area contributed by atoms with Crippen molar-refractivity contribution >= 4 is 49.4 Å². The summed E-state index contributed by atoms with van der Waals surface area (Å²) in [6.07, 6.45) is 0. The minimum absolute atomic E-state index is 0.416. The van der Waals surface area contributed by atoms with Gasteiger partial charge in [0, 0.05) is 16.8 Å². The molecular weight excluding hydrogens is 759 g/mol. The Bertz CT molecular complexity index is 3520. The summed E-state index contributed by atoms with van der Waals surface area (Å²) in [4.78, 5) is 2.53. The highest BCUT2D eigenvalue weighted by Gasteiger charge is 2.43. The molecule has 0 aromatic heterocycles. The van der Waals surface area contributed by atoms with Crippen molar-refractivity contribution in [3.8, 4) is 44.5 Å². The summed E-state index contributed by atoms with van der Waals surface area (Å²) in [7, 11) is 0. The van der Waals surface area contributed by atoms with Crippen LogP contribution in [-0.2, 0) is 5.41 Å². The molecule has 11 aromatic rings. The highest BCUT2D eigenvalue weighted by atomic mass is 15.1. The maximum Gasteiger partial charge on any atom is 0.0512 e. The second-order valence-electron chi connectivity index (χ2n) is 16.9. The number of hydrogen-bond acceptors (Lipinski definition) is 1. The minimum atomic E-state index is -0.416. The van der Waals surface area contributed by atoms with Gasteiger partial charge < -0.3 is 4.90 Å². The van der Waals surface area contributed by atoms with Gasteiger partial charge in [-0.1, -0.05) is 206 Å². The van der Waals surface area contributed by atoms with Gasteiger partial charge in [0.05, 0.1) is 5.69 Å². The molecule has 0 saturated heterocycles. The van der Waals surface area contributed by atoms with Crippen molar-refractivity contribution in [2.45, 2.75) is 12.3 Å². The van der Waals surface area contributed by atoms with Gasteiger partial charge in [-0.15, -0.1) is 0 Å². The Balaban J connectivity index is 1.17. The summed E-state index contributed by atoms with van der Waals surface area (Å²) in [5.41, 5.74) is 16.7. The Kier molecular flexibility index (Phi) is 8.69. The first-order valence-electron chi connectivity index (χ1n) is 21.9. The van der Waals surface area contributed by atoms with Crippen LogP contribution in [0.5, 0.6) is 0 Å². The zero-order chi connectivity index (χ0) is 41.9. The van der Waals surface area contributed by atoms with Crippen LogP contribution in [0.2, 0.25) is 0 Å². The van der Waals surface area contributed by atoms with Gasteiger partial charge in [-0.25, -0.2) is 0 Å². The van der Waals surface area contributed by atoms with Gasteiger partial charge in [-0.3, -0.25) is 0 Å². The van der Waals surface area contributed by atoms with Crippen molar-refractivity contribution in [2.75, 3.05) is 4.90 Å². The summed E-state index contributed by atoms with van der Waals surface area (Å²) in [5, 5.41) is 7.42. The number of hydrogen-bond donors (Lipinski definition) is 0. The zero-order valence-corrected chi connectivity index (χ0v) is 35.0. The topological polar surface area (TPSA) is 3.24 Å². The summed E-state index contributed by atoms with van der Waals surface area (Å²) in [6, 6.07) is 89.5. The van der Waals surface area contributed by atoms with Crippen LogP contribution in [-0.4, -0.2) is 0 Å². The van der Waals surface area contributed by atoms with Crippen LogP contribution in [0.25, 0.3) is 76.8 Å². The molecule has 0 amide bonds. The average molecular weight is 802 g/mol. The Morgan fingerprint density at radius 3 is 1.67 bits per heavy atom. The van der Waals surface area contributed by atoms with Gasteiger partial charge in [0.1, 0.15) is 0 Å². The van der Waals surface area contributed by atoms with Crippen molar-refractivity contribution in [2.24, 2.45) is 0 Å². The quantitative estimate of drug-likeness (QED) is 0.145. The van der Waals surface area contributed by atoms with Gasteiger partial charge >= 0.3 is 0 Å². The first-order valence-corrected chi connectivity index (χ1v) is 21.9. The van der Waals surface area contributed by atoms with Gasteiger partial charge in [-0.2, -0.15) is 0 Å². The van der Waals surface area contributed by atoms with E-state index in [1.807, 2.05) is 0 Å². The molecule has 0 bridgehead atoms. The van der Waals surface area contributed by atoms with E-state index in [0.717, 1.165) is 17.1 Å². The van der Waals surface area contributed by atoms with Gasteiger partial charge in [0.2, 0.25) is 0 Å². The molecule has 1 unspecified atom stereocenters. The van der Waals surface area contributed by atoms with Crippen LogP contribution in [0, 0.1) is 0 Å². The summed E-state index contributed by atoms with van der Waals surface area (Å²) >= 11 is 0. The lowest BCUT2D eigenvalue weighted by Gasteiger charge is -2.35. The smallest absolute Gasteiger partial charge is 0.0512 e. The fraction of sp³-hybridized carbons (Fsp3) is 0.0323. The van der Waals surface area contributed by atoms with E-state index in [0.29, 0.717) is 0 Å². The summed E-state index contributed by atoms with van der Waals surface area (Å²) in [5.74, 6) is 0. The monoisotopic (exact) mass is 801 g/mol. The molecule has 1 nitrogen and oxygen atoms in total. The third-order valence-corrected chi connectivity index (χ3v) is 13.5. The van der Waals surface area contributed by atoms with E-state index >= 15 is 0 Å². The van der Waals surface area contributed by atoms with Crippen LogP contribution >= 0.6 is 0 Å². The molecule has 1 atom stereocenters. The molecular formula is C62H43N. The second kappa shape index (κ2) is 14.9. The third kappa shape index (κ3) is 5.92. The van der Waals surface area contributed by atoms with Crippen LogP contribution in [0.3, 0.4) is 0 Å². The zero-order valence-electron chi connectivity index (χ0n) is 35.0. The standard InChI is InChI=1S/C62H43N/c1-62(48-26-9-4-10-27-48)57-33-16-15-30-53(57)55-32-18-34-58(61(55)62)63(49-28-17-25-46(40-49)47-36-35-42-19-11-12-24-45(42)39-47)50-37-38-52-51-29-13-14-31-54(51)59(43-20-5-2-6-21-43)60(56(52)41-50)44-22-7-3-8-23-44/h2-41H,1H3. The third-order valence-electron chi connectivity index (χ3n) is 13.5. The van der Waals surface area contributed by atoms with Crippen molar-refractivity contribution in [1.29, 1.82) is 0 Å². The predicted molar refractivity (Wildman–Crippen MR) is 267 cm³/mol. The minimum Gasteiger partial charge on any atom is -0.310 e. The van der Waals surface area contributed by atoms with Crippen LogP contribution < -0.4 is 4.90 Å². The van der Waals surface area contributed by atoms with Crippen molar-refractivity contribution in [3.63, 3.8) is 0 Å². The predicted octanol–water partition coefficient (Wildman–Crippen LogP) is 17.0. The van der Waals surface area contributed by atoms with Gasteiger partial charge in [0.15, 0.2) is 0 Å². The molecule has 63 heavy (non-hydrogen) atoms. The van der Waals surface area contributed by atoms with Crippen molar-refractivity contribution in [3.05, 3.63) is 259 Å². The summed E-state index contributed by atoms with van der Waals surface area (Å²) in [6.45, 7) is 2.42. The van der Waals surface area contributed by atoms with E-state index < -0.39 is 5.41 Å². The second-order valence-corrected chi connectivity index (χ2v) is 16.9. The molecule has 0 aliphatic heterocycles. The number of benzene rings is 11. The molecule has 0 radical (unpaired) electrons. The lowest BCUT2D eigenvalue weighted by atomic mass is 9.73. The fourth-order valence-electron chi connectivity index (χ4n) is 10.6. The maximum absolute atomic E-state index is 2.53. The molecule has 1 heteroatoms. The first kappa shape index (κ1) is 36.8. The SMILES string of the molecule is CC1(c2ccccc2)c2ccccc2-c2cccc(N(c3cccc(-c4ccc5ccccc5c4)c3)c3ccc4c(c3)c(-c3ccccc3)c(-c3ccccc3)c3ccccc34)c21. The molecule has 296 valence electrons. The molecule has 12 rings (SSSR count). The fourth-order valence-corrected chi connectivity index (χ4v) is 10.6. The normalized spacial score (nSPS) is 14.2. The molecule has 0 N–H and O–H groups in total. The molecule has 1 aliphatic rings. The molecule has 0 spiro atoms. The Hall–Kier alpha value is -8.00. The van der Waals surface area contributed by atoms with E-state index in [9.17, 15) is 0 Å². The molecule has 11 aromatic carbocycles. The lowest BCUT2D eigenvalue weighted by molar-refractivity contribution is 0.714. The number of rotatable bonds is 7. The van der Waals surface area contributed by atoms with Gasteiger partial charge in [0.25, 0.3) is 0 Å². The molecule has 0 fully saturated rings. The number of fused-ring (bicyclic) bond motifs is 7. The highest BCUT2D eigenvalue weighted by Crippen LogP contribution is 2.57. The van der Waals surface area contributed by atoms with Crippen molar-refractivity contribution in [1.82, 2.24) is 0 Å². The lowest BCUT2D eigenvalue weighted by Crippen LogP contribution is -2.25. The number of nitrogens with zero attached hydrogens (tertiary/aromatic N) is 1. The van der Waals surface area contributed by atoms with Crippen molar-refractivity contribution < 1.29 is 0 Å². The largest absolute Gasteiger partial charge is 0.310 e. The van der Waals surface area contributed by atoms with E-state index in [1.54, 1.807) is 0 Å². The summed E-state index contributed by atoms with van der Waals surface area (Å²) < 4.78 is 0. The molecule has 1 aliphatic carbocycles. The van der Waals surface area contributed by atoms with E-state index in [1.165, 1.54) is 93.5 Å². The van der Waals surface area contributed by atoms with E-state index in [-0.39, 0.29) is 0 Å². The molecule has 0 saturated carbocycles. The van der Waals surface area contributed by atoms with Crippen LogP contribution in [0.1, 0.15) is 23.6 Å². The van der Waals surface area contributed by atoms with E-state index in [2.05, 4.69) is 254 Å². The first-order chi connectivity index (χ1) is 31.1. The Labute approximate surface area is 368 Å². The highest BCUT2D eigenvalue weighted by molar-refractivity contribution is 6.22. The average Bonchev–Trinajstić information content (AvgIpc) is 3.63.